The average Bonchev–Trinajstić information content (AvgIpc) is 2.75. The first-order chi connectivity index (χ1) is 9.04. The Morgan fingerprint density at radius 2 is 1.95 bits per heavy atom. The predicted octanol–water partition coefficient (Wildman–Crippen LogP) is 1.42. The molecule has 1 aliphatic heterocycles. The smallest absolute Gasteiger partial charge is 0.307 e. The molecule has 0 bridgehead atoms. The number of rotatable bonds is 7. The Balaban J connectivity index is 2.71. The highest BCUT2D eigenvalue weighted by atomic mass is 16.7. The summed E-state index contributed by atoms with van der Waals surface area (Å²) in [7, 11) is 3.31. The maximum absolute atomic E-state index is 11.7. The van der Waals surface area contributed by atoms with Crippen molar-refractivity contribution in [2.75, 3.05) is 27.4 Å². The second-order valence-electron chi connectivity index (χ2n) is 5.35. The lowest BCUT2D eigenvalue weighted by molar-refractivity contribution is -0.149. The van der Waals surface area contributed by atoms with E-state index in [1.807, 2.05) is 6.92 Å². The normalized spacial score (nSPS) is 27.2. The zero-order valence-corrected chi connectivity index (χ0v) is 12.6. The number of ether oxygens (including phenoxy) is 3. The van der Waals surface area contributed by atoms with Crippen LogP contribution in [-0.4, -0.2) is 45.7 Å². The summed E-state index contributed by atoms with van der Waals surface area (Å²) in [5.41, 5.74) is 0. The van der Waals surface area contributed by atoms with Gasteiger partial charge in [-0.1, -0.05) is 13.8 Å². The van der Waals surface area contributed by atoms with Gasteiger partial charge in [0.25, 0.3) is 0 Å². The Morgan fingerprint density at radius 1 is 1.32 bits per heavy atom. The molecule has 0 aromatic rings. The lowest BCUT2D eigenvalue weighted by atomic mass is 9.80. The van der Waals surface area contributed by atoms with Crippen LogP contribution in [0.5, 0.6) is 0 Å². The Hall–Kier alpha value is -0.650. The van der Waals surface area contributed by atoms with Gasteiger partial charge in [-0.2, -0.15) is 0 Å². The van der Waals surface area contributed by atoms with Gasteiger partial charge in [-0.3, -0.25) is 4.79 Å². The van der Waals surface area contributed by atoms with E-state index in [4.69, 9.17) is 14.2 Å². The minimum absolute atomic E-state index is 0.136. The maximum Gasteiger partial charge on any atom is 0.307 e. The SMILES string of the molecule is CCOC(=O)C[C@@H]1NC[C@H](C(OC)OC)[C@H]1C(C)C. The lowest BCUT2D eigenvalue weighted by Gasteiger charge is -2.31. The van der Waals surface area contributed by atoms with Gasteiger partial charge in [0.05, 0.1) is 13.0 Å². The monoisotopic (exact) mass is 273 g/mol. The molecule has 5 heteroatoms. The van der Waals surface area contributed by atoms with Crippen LogP contribution in [0.15, 0.2) is 0 Å². The zero-order valence-electron chi connectivity index (χ0n) is 12.6. The summed E-state index contributed by atoms with van der Waals surface area (Å²) >= 11 is 0. The van der Waals surface area contributed by atoms with Crippen molar-refractivity contribution >= 4 is 5.97 Å². The van der Waals surface area contributed by atoms with E-state index in [0.717, 1.165) is 6.54 Å². The van der Waals surface area contributed by atoms with E-state index in [-0.39, 0.29) is 24.2 Å². The van der Waals surface area contributed by atoms with Crippen LogP contribution in [0, 0.1) is 17.8 Å². The Kier molecular flexibility index (Phi) is 6.75. The molecule has 0 spiro atoms. The topological polar surface area (TPSA) is 56.8 Å². The number of hydrogen-bond acceptors (Lipinski definition) is 5. The Bertz CT molecular complexity index is 279. The molecule has 0 unspecified atom stereocenters. The maximum atomic E-state index is 11.7. The van der Waals surface area contributed by atoms with Gasteiger partial charge in [0.2, 0.25) is 0 Å². The predicted molar refractivity (Wildman–Crippen MR) is 72.7 cm³/mol. The molecule has 3 atom stereocenters. The summed E-state index contributed by atoms with van der Waals surface area (Å²) in [5, 5.41) is 3.42. The number of esters is 1. The van der Waals surface area contributed by atoms with E-state index in [9.17, 15) is 4.79 Å². The molecular weight excluding hydrogens is 246 g/mol. The highest BCUT2D eigenvalue weighted by Crippen LogP contribution is 2.34. The summed E-state index contributed by atoms with van der Waals surface area (Å²) in [6.45, 7) is 7.41. The van der Waals surface area contributed by atoms with Crippen molar-refractivity contribution in [1.82, 2.24) is 5.32 Å². The third-order valence-corrected chi connectivity index (χ3v) is 3.85. The van der Waals surface area contributed by atoms with Crippen LogP contribution in [0.25, 0.3) is 0 Å². The number of hydrogen-bond donors (Lipinski definition) is 1. The molecule has 1 rings (SSSR count). The van der Waals surface area contributed by atoms with Crippen LogP contribution in [-0.2, 0) is 19.0 Å². The third kappa shape index (κ3) is 4.16. The molecule has 112 valence electrons. The summed E-state index contributed by atoms with van der Waals surface area (Å²) in [5.74, 6) is 0.911. The van der Waals surface area contributed by atoms with Crippen molar-refractivity contribution in [3.05, 3.63) is 0 Å². The Morgan fingerprint density at radius 3 is 2.42 bits per heavy atom. The molecule has 0 aromatic carbocycles. The van der Waals surface area contributed by atoms with Gasteiger partial charge in [0.15, 0.2) is 6.29 Å². The first-order valence-electron chi connectivity index (χ1n) is 6.99. The molecule has 0 aliphatic carbocycles. The highest BCUT2D eigenvalue weighted by Gasteiger charge is 2.43. The standard InChI is InChI=1S/C14H27NO4/c1-6-19-12(16)7-11-13(9(2)3)10(8-15-11)14(17-4)18-5/h9-11,13-15H,6-8H2,1-5H3/t10-,11-,13+/m0/s1. The van der Waals surface area contributed by atoms with Gasteiger partial charge >= 0.3 is 5.97 Å². The van der Waals surface area contributed by atoms with Crippen LogP contribution < -0.4 is 5.32 Å². The van der Waals surface area contributed by atoms with Crippen molar-refractivity contribution in [1.29, 1.82) is 0 Å². The molecule has 1 saturated heterocycles. The average molecular weight is 273 g/mol. The number of carbonyl (C=O) groups is 1. The second kappa shape index (κ2) is 7.82. The molecule has 1 heterocycles. The number of nitrogens with one attached hydrogen (secondary N) is 1. The molecule has 5 nitrogen and oxygen atoms in total. The third-order valence-electron chi connectivity index (χ3n) is 3.85. The van der Waals surface area contributed by atoms with Crippen molar-refractivity contribution in [3.8, 4) is 0 Å². The number of methoxy groups -OCH3 is 2. The molecule has 0 saturated carbocycles. The molecule has 0 radical (unpaired) electrons. The first-order valence-corrected chi connectivity index (χ1v) is 6.99. The van der Waals surface area contributed by atoms with Crippen molar-refractivity contribution in [2.24, 2.45) is 17.8 Å². The van der Waals surface area contributed by atoms with Crippen LogP contribution in [0.2, 0.25) is 0 Å². The van der Waals surface area contributed by atoms with Crippen molar-refractivity contribution in [2.45, 2.75) is 39.5 Å². The van der Waals surface area contributed by atoms with Crippen molar-refractivity contribution in [3.63, 3.8) is 0 Å². The van der Waals surface area contributed by atoms with Crippen LogP contribution >= 0.6 is 0 Å². The van der Waals surface area contributed by atoms with E-state index in [0.29, 0.717) is 24.9 Å². The van der Waals surface area contributed by atoms with Gasteiger partial charge in [-0.15, -0.1) is 0 Å². The van der Waals surface area contributed by atoms with E-state index in [1.54, 1.807) is 14.2 Å². The molecule has 19 heavy (non-hydrogen) atoms. The summed E-state index contributed by atoms with van der Waals surface area (Å²) < 4.78 is 15.8. The molecular formula is C14H27NO4. The Labute approximate surface area is 116 Å². The minimum atomic E-state index is -0.230. The van der Waals surface area contributed by atoms with Crippen molar-refractivity contribution < 1.29 is 19.0 Å². The fourth-order valence-electron chi connectivity index (χ4n) is 3.15. The first kappa shape index (κ1) is 16.4. The fraction of sp³-hybridized carbons (Fsp3) is 0.929. The van der Waals surface area contributed by atoms with E-state index >= 15 is 0 Å². The van der Waals surface area contributed by atoms with Gasteiger partial charge in [-0.05, 0) is 18.8 Å². The van der Waals surface area contributed by atoms with E-state index < -0.39 is 0 Å². The van der Waals surface area contributed by atoms with Crippen LogP contribution in [0.4, 0.5) is 0 Å². The quantitative estimate of drug-likeness (QED) is 0.561. The van der Waals surface area contributed by atoms with Gasteiger partial charge in [0, 0.05) is 32.7 Å². The minimum Gasteiger partial charge on any atom is -0.466 e. The summed E-state index contributed by atoms with van der Waals surface area (Å²) in [4.78, 5) is 11.7. The fourth-order valence-corrected chi connectivity index (χ4v) is 3.15. The highest BCUT2D eigenvalue weighted by molar-refractivity contribution is 5.70. The van der Waals surface area contributed by atoms with E-state index in [2.05, 4.69) is 19.2 Å². The molecule has 1 N–H and O–H groups in total. The van der Waals surface area contributed by atoms with Gasteiger partial charge in [0.1, 0.15) is 0 Å². The van der Waals surface area contributed by atoms with Gasteiger partial charge < -0.3 is 19.5 Å². The van der Waals surface area contributed by atoms with Crippen LogP contribution in [0.1, 0.15) is 27.2 Å². The summed E-state index contributed by atoms with van der Waals surface area (Å²) in [6, 6.07) is 0.136. The van der Waals surface area contributed by atoms with Gasteiger partial charge in [-0.25, -0.2) is 0 Å². The molecule has 1 aliphatic rings. The molecule has 0 aromatic heterocycles. The van der Waals surface area contributed by atoms with Crippen LogP contribution in [0.3, 0.4) is 0 Å². The second-order valence-corrected chi connectivity index (χ2v) is 5.35. The number of carbonyl (C=O) groups excluding carboxylic acids is 1. The summed E-state index contributed by atoms with van der Waals surface area (Å²) in [6.07, 6.45) is 0.181. The lowest BCUT2D eigenvalue weighted by Crippen LogP contribution is -2.37. The largest absolute Gasteiger partial charge is 0.466 e. The van der Waals surface area contributed by atoms with E-state index in [1.165, 1.54) is 0 Å². The zero-order chi connectivity index (χ0) is 14.4. The molecule has 0 amide bonds. The molecule has 1 fully saturated rings.